The molecule has 0 spiro atoms. The molecule has 162 valence electrons. The number of aryl methyl sites for hydroxylation is 1. The molecule has 0 bridgehead atoms. The van der Waals surface area contributed by atoms with Crippen molar-refractivity contribution < 1.29 is 9.47 Å². The van der Waals surface area contributed by atoms with Gasteiger partial charge in [0.25, 0.3) is 0 Å². The van der Waals surface area contributed by atoms with Gasteiger partial charge in [0.05, 0.1) is 31.9 Å². The van der Waals surface area contributed by atoms with Crippen LogP contribution in [0.3, 0.4) is 0 Å². The fourth-order valence-corrected chi connectivity index (χ4v) is 2.90. The van der Waals surface area contributed by atoms with Gasteiger partial charge in [-0.3, -0.25) is 4.68 Å². The third kappa shape index (κ3) is 7.85. The van der Waals surface area contributed by atoms with Crippen LogP contribution >= 0.6 is 24.0 Å². The van der Waals surface area contributed by atoms with E-state index in [-0.39, 0.29) is 24.0 Å². The quantitative estimate of drug-likeness (QED) is 0.299. The summed E-state index contributed by atoms with van der Waals surface area (Å²) in [6, 6.07) is 9.86. The Bertz CT molecular complexity index is 749. The lowest BCUT2D eigenvalue weighted by molar-refractivity contribution is 0.182. The molecule has 1 heterocycles. The zero-order valence-corrected chi connectivity index (χ0v) is 20.5. The van der Waals surface area contributed by atoms with Crippen molar-refractivity contribution in [1.29, 1.82) is 0 Å². The Labute approximate surface area is 191 Å². The second-order valence-corrected chi connectivity index (χ2v) is 6.62. The second-order valence-electron chi connectivity index (χ2n) is 6.62. The van der Waals surface area contributed by atoms with Crippen LogP contribution in [0.2, 0.25) is 0 Å². The fourth-order valence-electron chi connectivity index (χ4n) is 2.90. The minimum Gasteiger partial charge on any atom is -0.492 e. The Hall–Kier alpha value is -1.81. The van der Waals surface area contributed by atoms with Gasteiger partial charge in [0.1, 0.15) is 12.4 Å². The summed E-state index contributed by atoms with van der Waals surface area (Å²) in [6.07, 6.45) is 0. The molecule has 1 aromatic carbocycles. The normalized spacial score (nSPS) is 11.1. The number of methoxy groups -OCH3 is 1. The summed E-state index contributed by atoms with van der Waals surface area (Å²) < 4.78 is 13.0. The maximum atomic E-state index is 5.80. The summed E-state index contributed by atoms with van der Waals surface area (Å²) in [5, 5.41) is 7.97. The number of para-hydroxylation sites is 1. The Kier molecular flexibility index (Phi) is 11.7. The van der Waals surface area contributed by atoms with Crippen LogP contribution in [0.4, 0.5) is 0 Å². The molecule has 0 atom stereocenters. The van der Waals surface area contributed by atoms with Crippen molar-refractivity contribution >= 4 is 29.9 Å². The van der Waals surface area contributed by atoms with Gasteiger partial charge in [0.2, 0.25) is 0 Å². The van der Waals surface area contributed by atoms with Crippen LogP contribution in [-0.2, 0) is 17.8 Å². The number of likely N-dealkylation sites (N-methyl/N-ethyl adjacent to an activating group) is 1. The summed E-state index contributed by atoms with van der Waals surface area (Å²) in [5.41, 5.74) is 3.33. The van der Waals surface area contributed by atoms with E-state index in [1.54, 1.807) is 7.11 Å². The van der Waals surface area contributed by atoms with E-state index in [1.807, 2.05) is 49.0 Å². The van der Waals surface area contributed by atoms with Crippen molar-refractivity contribution in [3.8, 4) is 5.75 Å². The summed E-state index contributed by atoms with van der Waals surface area (Å²) in [7, 11) is 3.73. The van der Waals surface area contributed by atoms with Crippen LogP contribution in [-0.4, -0.2) is 61.1 Å². The number of aliphatic imine (C=N–C) groups is 1. The van der Waals surface area contributed by atoms with E-state index in [2.05, 4.69) is 29.2 Å². The van der Waals surface area contributed by atoms with Crippen molar-refractivity contribution in [3.05, 3.63) is 47.3 Å². The third-order valence-electron chi connectivity index (χ3n) is 4.56. The van der Waals surface area contributed by atoms with Gasteiger partial charge in [-0.1, -0.05) is 18.2 Å². The predicted octanol–water partition coefficient (Wildman–Crippen LogP) is 3.24. The number of rotatable bonds is 10. The number of ether oxygens (including phenoxy) is 2. The molecule has 0 saturated heterocycles. The number of benzene rings is 1. The van der Waals surface area contributed by atoms with Crippen molar-refractivity contribution in [3.63, 3.8) is 0 Å². The number of hydrogen-bond acceptors (Lipinski definition) is 4. The molecule has 1 aromatic heterocycles. The van der Waals surface area contributed by atoms with E-state index in [0.717, 1.165) is 42.7 Å². The van der Waals surface area contributed by atoms with Crippen LogP contribution in [0.5, 0.6) is 5.75 Å². The summed E-state index contributed by atoms with van der Waals surface area (Å²) in [6.45, 7) is 10.3. The molecular formula is C21H34IN5O2. The van der Waals surface area contributed by atoms with E-state index in [9.17, 15) is 0 Å². The zero-order valence-electron chi connectivity index (χ0n) is 18.1. The molecule has 0 aliphatic rings. The first kappa shape index (κ1) is 25.2. The van der Waals surface area contributed by atoms with E-state index >= 15 is 0 Å². The molecule has 0 saturated carbocycles. The molecule has 8 heteroatoms. The lowest BCUT2D eigenvalue weighted by atomic mass is 10.2. The molecule has 0 fully saturated rings. The number of nitrogens with one attached hydrogen (secondary N) is 1. The highest BCUT2D eigenvalue weighted by Gasteiger charge is 2.12. The van der Waals surface area contributed by atoms with Crippen LogP contribution in [0.1, 0.15) is 23.9 Å². The predicted molar refractivity (Wildman–Crippen MR) is 128 cm³/mol. The molecule has 0 aliphatic carbocycles. The van der Waals surface area contributed by atoms with Crippen LogP contribution in [0.25, 0.3) is 0 Å². The maximum absolute atomic E-state index is 5.80. The fraction of sp³-hybridized carbons (Fsp3) is 0.524. The molecular weight excluding hydrogens is 481 g/mol. The topological polar surface area (TPSA) is 63.9 Å². The van der Waals surface area contributed by atoms with Crippen molar-refractivity contribution in [2.45, 2.75) is 33.9 Å². The molecule has 2 aromatic rings. The monoisotopic (exact) mass is 515 g/mol. The number of nitrogens with zero attached hydrogens (tertiary/aromatic N) is 4. The molecule has 0 radical (unpaired) electrons. The van der Waals surface area contributed by atoms with Gasteiger partial charge >= 0.3 is 0 Å². The first-order valence-corrected chi connectivity index (χ1v) is 9.75. The van der Waals surface area contributed by atoms with E-state index in [0.29, 0.717) is 19.8 Å². The lowest BCUT2D eigenvalue weighted by Crippen LogP contribution is -2.40. The van der Waals surface area contributed by atoms with Gasteiger partial charge < -0.3 is 19.7 Å². The van der Waals surface area contributed by atoms with Crippen molar-refractivity contribution in [2.75, 3.05) is 40.5 Å². The summed E-state index contributed by atoms with van der Waals surface area (Å²) >= 11 is 0. The molecule has 0 amide bonds. The average molecular weight is 515 g/mol. The summed E-state index contributed by atoms with van der Waals surface area (Å²) in [5.74, 6) is 1.75. The van der Waals surface area contributed by atoms with Crippen LogP contribution in [0, 0.1) is 13.8 Å². The lowest BCUT2D eigenvalue weighted by Gasteiger charge is -2.22. The van der Waals surface area contributed by atoms with Gasteiger partial charge in [-0.25, -0.2) is 4.99 Å². The Morgan fingerprint density at radius 2 is 1.93 bits per heavy atom. The third-order valence-corrected chi connectivity index (χ3v) is 4.56. The largest absolute Gasteiger partial charge is 0.492 e. The van der Waals surface area contributed by atoms with Gasteiger partial charge in [-0.2, -0.15) is 5.10 Å². The first-order chi connectivity index (χ1) is 13.6. The van der Waals surface area contributed by atoms with Crippen molar-refractivity contribution in [1.82, 2.24) is 20.0 Å². The number of aromatic nitrogens is 2. The molecule has 1 N–H and O–H groups in total. The van der Waals surface area contributed by atoms with E-state index in [4.69, 9.17) is 14.5 Å². The zero-order chi connectivity index (χ0) is 20.4. The Morgan fingerprint density at radius 1 is 1.21 bits per heavy atom. The Balaban J connectivity index is 0.00000420. The number of halogens is 1. The molecule has 2 rings (SSSR count). The number of guanidine groups is 1. The summed E-state index contributed by atoms with van der Waals surface area (Å²) in [4.78, 5) is 6.91. The maximum Gasteiger partial charge on any atom is 0.194 e. The molecule has 0 unspecified atom stereocenters. The van der Waals surface area contributed by atoms with Gasteiger partial charge in [0, 0.05) is 32.0 Å². The SMILES string of the molecule is CCNC(=NCc1c(C)nn(CCOC)c1C)N(C)CCOc1ccccc1.I. The average Bonchev–Trinajstić information content (AvgIpc) is 2.97. The Morgan fingerprint density at radius 3 is 2.59 bits per heavy atom. The second kappa shape index (κ2) is 13.4. The highest BCUT2D eigenvalue weighted by Crippen LogP contribution is 2.14. The van der Waals surface area contributed by atoms with Crippen LogP contribution in [0.15, 0.2) is 35.3 Å². The first-order valence-electron chi connectivity index (χ1n) is 9.75. The highest BCUT2D eigenvalue weighted by atomic mass is 127. The van der Waals surface area contributed by atoms with E-state index < -0.39 is 0 Å². The van der Waals surface area contributed by atoms with Crippen LogP contribution < -0.4 is 10.1 Å². The van der Waals surface area contributed by atoms with Crippen molar-refractivity contribution in [2.24, 2.45) is 4.99 Å². The van der Waals surface area contributed by atoms with Gasteiger partial charge in [-0.05, 0) is 32.9 Å². The smallest absolute Gasteiger partial charge is 0.194 e. The van der Waals surface area contributed by atoms with Gasteiger partial charge in [-0.15, -0.1) is 24.0 Å². The minimum absolute atomic E-state index is 0. The molecule has 29 heavy (non-hydrogen) atoms. The standard InChI is InChI=1S/C21H33N5O2.HI/c1-6-22-21(25(4)12-15-28-19-10-8-7-9-11-19)23-16-20-17(2)24-26(18(20)3)13-14-27-5;/h7-11H,6,12-16H2,1-5H3,(H,22,23);1H. The minimum atomic E-state index is 0. The molecule has 0 aliphatic heterocycles. The molecule has 7 nitrogen and oxygen atoms in total. The van der Waals surface area contributed by atoms with Gasteiger partial charge in [0.15, 0.2) is 5.96 Å². The number of hydrogen-bond donors (Lipinski definition) is 1. The van der Waals surface area contributed by atoms with E-state index in [1.165, 1.54) is 5.56 Å². The highest BCUT2D eigenvalue weighted by molar-refractivity contribution is 14.0.